The van der Waals surface area contributed by atoms with Gasteiger partial charge in [0, 0.05) is 17.4 Å². The summed E-state index contributed by atoms with van der Waals surface area (Å²) in [5.41, 5.74) is 5.57. The highest BCUT2D eigenvalue weighted by Crippen LogP contribution is 2.44. The predicted octanol–water partition coefficient (Wildman–Crippen LogP) is 3.58. The van der Waals surface area contributed by atoms with Crippen molar-refractivity contribution in [1.29, 1.82) is 0 Å². The van der Waals surface area contributed by atoms with Crippen LogP contribution in [0.4, 0.5) is 4.79 Å². The number of benzene rings is 3. The maximum Gasteiger partial charge on any atom is 0.407 e. The van der Waals surface area contributed by atoms with E-state index in [-0.39, 0.29) is 18.3 Å². The van der Waals surface area contributed by atoms with E-state index in [4.69, 9.17) is 4.74 Å². The number of ether oxygens (including phenoxy) is 1. The van der Waals surface area contributed by atoms with Gasteiger partial charge in [0.15, 0.2) is 0 Å². The molecule has 0 saturated heterocycles. The first-order valence-corrected chi connectivity index (χ1v) is 11.2. The van der Waals surface area contributed by atoms with Gasteiger partial charge in [-0.1, -0.05) is 78.9 Å². The maximum absolute atomic E-state index is 12.3. The van der Waals surface area contributed by atoms with Crippen molar-refractivity contribution in [3.63, 3.8) is 0 Å². The van der Waals surface area contributed by atoms with Gasteiger partial charge < -0.3 is 20.0 Å². The second kappa shape index (κ2) is 9.71. The van der Waals surface area contributed by atoms with E-state index in [0.717, 1.165) is 27.8 Å². The zero-order chi connectivity index (χ0) is 21.6. The van der Waals surface area contributed by atoms with Crippen LogP contribution in [0, 0.1) is 0 Å². The molecule has 4 rings (SSSR count). The average molecular weight is 433 g/mol. The molecule has 3 aromatic rings. The van der Waals surface area contributed by atoms with Crippen molar-refractivity contribution in [2.45, 2.75) is 17.7 Å². The van der Waals surface area contributed by atoms with Crippen molar-refractivity contribution in [1.82, 2.24) is 5.32 Å². The summed E-state index contributed by atoms with van der Waals surface area (Å²) >= 11 is 1.42. The summed E-state index contributed by atoms with van der Waals surface area (Å²) in [6.07, 6.45) is -0.753. The van der Waals surface area contributed by atoms with Gasteiger partial charge >= 0.3 is 6.09 Å². The zero-order valence-corrected chi connectivity index (χ0v) is 17.6. The maximum atomic E-state index is 12.3. The van der Waals surface area contributed by atoms with Gasteiger partial charge in [-0.2, -0.15) is 11.8 Å². The first-order valence-electron chi connectivity index (χ1n) is 10.1. The fourth-order valence-corrected chi connectivity index (χ4v) is 4.82. The first-order chi connectivity index (χ1) is 15.1. The SMILES string of the molecule is O=C(N[C@@H](CSCc1ccccc1)C(=O)[O-])OCC1c2ccccc2-c2ccccc21. The highest BCUT2D eigenvalue weighted by atomic mass is 32.2. The van der Waals surface area contributed by atoms with Crippen LogP contribution in [0.25, 0.3) is 11.1 Å². The molecular formula is C25H22NO4S-. The summed E-state index contributed by atoms with van der Waals surface area (Å²) in [7, 11) is 0. The number of amides is 1. The Labute approximate surface area is 185 Å². The van der Waals surface area contributed by atoms with Gasteiger partial charge in [0.2, 0.25) is 0 Å². The van der Waals surface area contributed by atoms with Crippen molar-refractivity contribution < 1.29 is 19.4 Å². The van der Waals surface area contributed by atoms with E-state index < -0.39 is 18.1 Å². The molecule has 5 nitrogen and oxygen atoms in total. The summed E-state index contributed by atoms with van der Waals surface area (Å²) in [5, 5.41) is 13.9. The Kier molecular flexibility index (Phi) is 6.57. The molecule has 0 radical (unpaired) electrons. The number of hydrogen-bond acceptors (Lipinski definition) is 5. The van der Waals surface area contributed by atoms with Gasteiger partial charge in [-0.15, -0.1) is 0 Å². The average Bonchev–Trinajstić information content (AvgIpc) is 3.11. The second-order valence-electron chi connectivity index (χ2n) is 7.34. The largest absolute Gasteiger partial charge is 0.548 e. The smallest absolute Gasteiger partial charge is 0.407 e. The van der Waals surface area contributed by atoms with Gasteiger partial charge in [0.05, 0.1) is 12.0 Å². The summed E-state index contributed by atoms with van der Waals surface area (Å²) in [6.45, 7) is 0.136. The number of alkyl carbamates (subject to hydrolysis) is 1. The topological polar surface area (TPSA) is 78.5 Å². The molecule has 6 heteroatoms. The molecule has 3 aromatic carbocycles. The molecule has 1 aliphatic rings. The second-order valence-corrected chi connectivity index (χ2v) is 8.37. The first kappa shape index (κ1) is 21.0. The summed E-state index contributed by atoms with van der Waals surface area (Å²) in [5.74, 6) is -0.556. The molecule has 0 heterocycles. The third-order valence-corrected chi connectivity index (χ3v) is 6.42. The molecule has 0 fully saturated rings. The molecule has 0 bridgehead atoms. The van der Waals surface area contributed by atoms with Crippen molar-refractivity contribution in [3.8, 4) is 11.1 Å². The van der Waals surface area contributed by atoms with Crippen molar-refractivity contribution >= 4 is 23.8 Å². The number of carbonyl (C=O) groups is 2. The van der Waals surface area contributed by atoms with Crippen LogP contribution < -0.4 is 10.4 Å². The van der Waals surface area contributed by atoms with Crippen molar-refractivity contribution in [2.75, 3.05) is 12.4 Å². The van der Waals surface area contributed by atoms with Crippen LogP contribution in [0.15, 0.2) is 78.9 Å². The monoisotopic (exact) mass is 432 g/mol. The van der Waals surface area contributed by atoms with Crippen molar-refractivity contribution in [2.24, 2.45) is 0 Å². The summed E-state index contributed by atoms with van der Waals surface area (Å²) in [6, 6.07) is 24.7. The highest BCUT2D eigenvalue weighted by Gasteiger charge is 2.29. The number of carbonyl (C=O) groups excluding carboxylic acids is 2. The molecule has 31 heavy (non-hydrogen) atoms. The lowest BCUT2D eigenvalue weighted by atomic mass is 9.98. The fourth-order valence-electron chi connectivity index (χ4n) is 3.82. The number of fused-ring (bicyclic) bond motifs is 3. The Hall–Kier alpha value is -3.25. The minimum Gasteiger partial charge on any atom is -0.548 e. The van der Waals surface area contributed by atoms with Crippen LogP contribution >= 0.6 is 11.8 Å². The minimum absolute atomic E-state index is 0.0768. The van der Waals surface area contributed by atoms with E-state index in [1.165, 1.54) is 11.8 Å². The van der Waals surface area contributed by atoms with E-state index >= 15 is 0 Å². The van der Waals surface area contributed by atoms with Crippen molar-refractivity contribution in [3.05, 3.63) is 95.6 Å². The van der Waals surface area contributed by atoms with Gasteiger partial charge in [0.25, 0.3) is 0 Å². The number of aliphatic carboxylic acids is 1. The number of carboxylic acids is 1. The number of hydrogen-bond donors (Lipinski definition) is 1. The normalized spacial score (nSPS) is 13.2. The molecule has 1 amide bonds. The van der Waals surface area contributed by atoms with E-state index in [9.17, 15) is 14.7 Å². The van der Waals surface area contributed by atoms with Gasteiger partial charge in [0.1, 0.15) is 6.61 Å². The van der Waals surface area contributed by atoms with Crippen LogP contribution in [-0.2, 0) is 15.3 Å². The summed E-state index contributed by atoms with van der Waals surface area (Å²) < 4.78 is 5.43. The van der Waals surface area contributed by atoms with E-state index in [0.29, 0.717) is 5.75 Å². The van der Waals surface area contributed by atoms with E-state index in [1.54, 1.807) is 0 Å². The Balaban J connectivity index is 1.34. The van der Waals surface area contributed by atoms with Crippen LogP contribution in [0.2, 0.25) is 0 Å². The molecular weight excluding hydrogens is 410 g/mol. The Morgan fingerprint density at radius 3 is 2.10 bits per heavy atom. The molecule has 158 valence electrons. The van der Waals surface area contributed by atoms with E-state index in [2.05, 4.69) is 17.4 Å². The Morgan fingerprint density at radius 2 is 1.48 bits per heavy atom. The molecule has 1 N–H and O–H groups in total. The number of nitrogens with one attached hydrogen (secondary N) is 1. The van der Waals surface area contributed by atoms with Crippen LogP contribution in [0.5, 0.6) is 0 Å². The highest BCUT2D eigenvalue weighted by molar-refractivity contribution is 7.98. The zero-order valence-electron chi connectivity index (χ0n) is 16.8. The van der Waals surface area contributed by atoms with Crippen LogP contribution in [0.1, 0.15) is 22.6 Å². The molecule has 1 aliphatic carbocycles. The molecule has 1 atom stereocenters. The lowest BCUT2D eigenvalue weighted by molar-refractivity contribution is -0.307. The third kappa shape index (κ3) is 4.91. The van der Waals surface area contributed by atoms with Crippen LogP contribution in [-0.4, -0.2) is 30.5 Å². The molecule has 0 aromatic heterocycles. The fraction of sp³-hybridized carbons (Fsp3) is 0.200. The number of carboxylic acid groups (broad SMARTS) is 1. The van der Waals surface area contributed by atoms with E-state index in [1.807, 2.05) is 66.7 Å². The molecule has 0 saturated carbocycles. The predicted molar refractivity (Wildman–Crippen MR) is 120 cm³/mol. The quantitative estimate of drug-likeness (QED) is 0.589. The van der Waals surface area contributed by atoms with Gasteiger partial charge in [-0.3, -0.25) is 0 Å². The Bertz CT molecular complexity index is 1020. The molecule has 0 aliphatic heterocycles. The van der Waals surface area contributed by atoms with Gasteiger partial charge in [-0.05, 0) is 27.8 Å². The Morgan fingerprint density at radius 1 is 0.903 bits per heavy atom. The molecule has 0 unspecified atom stereocenters. The third-order valence-electron chi connectivity index (χ3n) is 5.32. The van der Waals surface area contributed by atoms with Gasteiger partial charge in [-0.25, -0.2) is 4.79 Å². The van der Waals surface area contributed by atoms with Crippen LogP contribution in [0.3, 0.4) is 0 Å². The number of rotatable bonds is 8. The standard InChI is InChI=1S/C25H23NO4S/c27-24(28)23(16-31-15-17-8-2-1-3-9-17)26-25(29)30-14-22-20-12-6-4-10-18(20)19-11-5-7-13-21(19)22/h1-13,22-23H,14-16H2,(H,26,29)(H,27,28)/p-1/t23-/m0/s1. The lowest BCUT2D eigenvalue weighted by Gasteiger charge is -2.20. The minimum atomic E-state index is -1.32. The molecule has 0 spiro atoms. The summed E-state index contributed by atoms with van der Waals surface area (Å²) in [4.78, 5) is 23.8. The lowest BCUT2D eigenvalue weighted by Crippen LogP contribution is -2.49. The number of thioether (sulfide) groups is 1.